The maximum Gasteiger partial charge on any atom is 0.374 e. The standard InChI is InChI=1S/C26H34N8O7/c1-5-40-26(39)23-31-20(16-34(23)11-6-7-13-41-17(2)35)30-21(36)8-9-28-24(37)19-14-18(15-33(19)4)29-25(38)22-27-10-12-32(22)3/h10,12,14-16H,5-9,11,13H2,1-4H3,(H,28,37)(H,29,38)(H,30,36). The van der Waals surface area contributed by atoms with E-state index in [0.29, 0.717) is 25.1 Å². The van der Waals surface area contributed by atoms with E-state index in [1.165, 1.54) is 25.4 Å². The first kappa shape index (κ1) is 30.6. The summed E-state index contributed by atoms with van der Waals surface area (Å²) in [5.74, 6) is -1.82. The van der Waals surface area contributed by atoms with Crippen molar-refractivity contribution in [3.63, 3.8) is 0 Å². The summed E-state index contributed by atoms with van der Waals surface area (Å²) in [5, 5.41) is 8.00. The number of ether oxygens (including phenoxy) is 2. The number of aromatic nitrogens is 5. The van der Waals surface area contributed by atoms with Crippen molar-refractivity contribution >= 4 is 41.2 Å². The van der Waals surface area contributed by atoms with Gasteiger partial charge in [-0.3, -0.25) is 19.2 Å². The molecular weight excluding hydrogens is 536 g/mol. The first-order valence-electron chi connectivity index (χ1n) is 13.0. The topological polar surface area (TPSA) is 180 Å². The number of anilines is 2. The van der Waals surface area contributed by atoms with E-state index in [2.05, 4.69) is 25.9 Å². The Morgan fingerprint density at radius 1 is 0.951 bits per heavy atom. The Kier molecular flexibility index (Phi) is 10.8. The van der Waals surface area contributed by atoms with Crippen LogP contribution in [0.5, 0.6) is 0 Å². The van der Waals surface area contributed by atoms with E-state index in [1.807, 2.05) is 0 Å². The summed E-state index contributed by atoms with van der Waals surface area (Å²) in [6, 6.07) is 1.52. The number of amides is 3. The summed E-state index contributed by atoms with van der Waals surface area (Å²) in [5.41, 5.74) is 0.704. The van der Waals surface area contributed by atoms with E-state index in [1.54, 1.807) is 47.1 Å². The van der Waals surface area contributed by atoms with Crippen molar-refractivity contribution in [1.29, 1.82) is 0 Å². The predicted molar refractivity (Wildman–Crippen MR) is 146 cm³/mol. The van der Waals surface area contributed by atoms with Crippen LogP contribution in [0.1, 0.15) is 64.8 Å². The molecule has 0 saturated carbocycles. The van der Waals surface area contributed by atoms with Crippen LogP contribution in [0.3, 0.4) is 0 Å². The van der Waals surface area contributed by atoms with Gasteiger partial charge in [0.1, 0.15) is 5.69 Å². The number of esters is 2. The second-order valence-electron chi connectivity index (χ2n) is 9.01. The Bertz CT molecular complexity index is 1400. The van der Waals surface area contributed by atoms with Gasteiger partial charge in [-0.25, -0.2) is 14.8 Å². The lowest BCUT2D eigenvalue weighted by atomic mass is 10.3. The van der Waals surface area contributed by atoms with E-state index in [0.717, 1.165) is 0 Å². The third kappa shape index (κ3) is 8.78. The molecule has 15 nitrogen and oxygen atoms in total. The molecule has 0 spiro atoms. The minimum atomic E-state index is -0.627. The fraction of sp³-hybridized carbons (Fsp3) is 0.423. The van der Waals surface area contributed by atoms with Gasteiger partial charge in [0.15, 0.2) is 11.6 Å². The number of nitrogens with zero attached hydrogens (tertiary/aromatic N) is 5. The molecule has 0 aliphatic heterocycles. The van der Waals surface area contributed by atoms with Crippen LogP contribution in [0.25, 0.3) is 0 Å². The fourth-order valence-electron chi connectivity index (χ4n) is 3.82. The lowest BCUT2D eigenvalue weighted by molar-refractivity contribution is -0.141. The molecule has 0 aliphatic rings. The molecule has 0 fully saturated rings. The molecule has 3 heterocycles. The molecule has 0 unspecified atom stereocenters. The first-order valence-corrected chi connectivity index (χ1v) is 13.0. The molecule has 3 aromatic heterocycles. The van der Waals surface area contributed by atoms with Crippen molar-refractivity contribution < 1.29 is 33.4 Å². The van der Waals surface area contributed by atoms with Crippen LogP contribution in [0.15, 0.2) is 30.9 Å². The van der Waals surface area contributed by atoms with E-state index in [9.17, 15) is 24.0 Å². The highest BCUT2D eigenvalue weighted by Crippen LogP contribution is 2.15. The van der Waals surface area contributed by atoms with Gasteiger partial charge in [-0.05, 0) is 25.8 Å². The van der Waals surface area contributed by atoms with Crippen LogP contribution in [-0.2, 0) is 39.7 Å². The van der Waals surface area contributed by atoms with E-state index < -0.39 is 23.7 Å². The second kappa shape index (κ2) is 14.4. The molecule has 0 aliphatic carbocycles. The number of carbonyl (C=O) groups excluding carboxylic acids is 5. The van der Waals surface area contributed by atoms with Crippen molar-refractivity contribution in [2.24, 2.45) is 14.1 Å². The second-order valence-corrected chi connectivity index (χ2v) is 9.01. The first-order chi connectivity index (χ1) is 19.6. The van der Waals surface area contributed by atoms with E-state index in [-0.39, 0.29) is 55.3 Å². The summed E-state index contributed by atoms with van der Waals surface area (Å²) in [7, 11) is 3.36. The lowest BCUT2D eigenvalue weighted by Crippen LogP contribution is -2.29. The van der Waals surface area contributed by atoms with Crippen LogP contribution in [0, 0.1) is 0 Å². The number of nitrogens with one attached hydrogen (secondary N) is 3. The molecule has 0 aromatic carbocycles. The van der Waals surface area contributed by atoms with Crippen LogP contribution >= 0.6 is 0 Å². The van der Waals surface area contributed by atoms with Crippen molar-refractivity contribution in [2.75, 3.05) is 30.4 Å². The average Bonchev–Trinajstić information content (AvgIpc) is 3.62. The Labute approximate surface area is 236 Å². The van der Waals surface area contributed by atoms with Gasteiger partial charge in [0.05, 0.1) is 18.9 Å². The van der Waals surface area contributed by atoms with E-state index >= 15 is 0 Å². The largest absolute Gasteiger partial charge is 0.466 e. The summed E-state index contributed by atoms with van der Waals surface area (Å²) in [6.07, 6.45) is 7.41. The number of hydrogen-bond donors (Lipinski definition) is 3. The summed E-state index contributed by atoms with van der Waals surface area (Å²) < 4.78 is 14.7. The molecule has 41 heavy (non-hydrogen) atoms. The summed E-state index contributed by atoms with van der Waals surface area (Å²) in [6.45, 7) is 3.87. The highest BCUT2D eigenvalue weighted by atomic mass is 16.5. The van der Waals surface area contributed by atoms with Crippen LogP contribution < -0.4 is 16.0 Å². The zero-order chi connectivity index (χ0) is 29.9. The molecule has 3 amide bonds. The molecule has 0 saturated heterocycles. The van der Waals surface area contributed by atoms with E-state index in [4.69, 9.17) is 9.47 Å². The molecule has 0 bridgehead atoms. The normalized spacial score (nSPS) is 10.6. The van der Waals surface area contributed by atoms with Crippen LogP contribution in [0.4, 0.5) is 11.5 Å². The Morgan fingerprint density at radius 2 is 1.73 bits per heavy atom. The zero-order valence-corrected chi connectivity index (χ0v) is 23.4. The number of aryl methyl sites for hydroxylation is 3. The number of hydrogen-bond acceptors (Lipinski definition) is 9. The zero-order valence-electron chi connectivity index (χ0n) is 23.4. The number of imidazole rings is 2. The molecule has 3 aromatic rings. The minimum absolute atomic E-state index is 0.0341. The predicted octanol–water partition coefficient (Wildman–Crippen LogP) is 1.49. The molecule has 3 rings (SSSR count). The van der Waals surface area contributed by atoms with Gasteiger partial charge in [-0.15, -0.1) is 0 Å². The fourth-order valence-corrected chi connectivity index (χ4v) is 3.82. The molecule has 15 heteroatoms. The van der Waals surface area contributed by atoms with Gasteiger partial charge in [0, 0.05) is 65.3 Å². The van der Waals surface area contributed by atoms with Gasteiger partial charge < -0.3 is 39.1 Å². The molecule has 0 radical (unpaired) electrons. The third-order valence-electron chi connectivity index (χ3n) is 5.76. The smallest absolute Gasteiger partial charge is 0.374 e. The maximum absolute atomic E-state index is 12.7. The summed E-state index contributed by atoms with van der Waals surface area (Å²) in [4.78, 5) is 69.0. The third-order valence-corrected chi connectivity index (χ3v) is 5.76. The monoisotopic (exact) mass is 570 g/mol. The van der Waals surface area contributed by atoms with Crippen LogP contribution in [-0.4, -0.2) is 73.1 Å². The molecule has 3 N–H and O–H groups in total. The number of rotatable bonds is 14. The van der Waals surface area contributed by atoms with Crippen molar-refractivity contribution in [3.05, 3.63) is 48.2 Å². The van der Waals surface area contributed by atoms with Gasteiger partial charge in [-0.2, -0.15) is 0 Å². The SMILES string of the molecule is CCOC(=O)c1nc(NC(=O)CCNC(=O)c2cc(NC(=O)c3nccn3C)cn2C)cn1CCCCOC(C)=O. The Morgan fingerprint density at radius 3 is 2.41 bits per heavy atom. The van der Waals surface area contributed by atoms with Crippen molar-refractivity contribution in [1.82, 2.24) is 29.0 Å². The average molecular weight is 571 g/mol. The lowest BCUT2D eigenvalue weighted by Gasteiger charge is -2.07. The molecular formula is C26H34N8O7. The van der Waals surface area contributed by atoms with Crippen LogP contribution in [0.2, 0.25) is 0 Å². The highest BCUT2D eigenvalue weighted by molar-refractivity contribution is 6.03. The number of unbranched alkanes of at least 4 members (excludes halogenated alkanes) is 1. The Balaban J connectivity index is 1.51. The van der Waals surface area contributed by atoms with Gasteiger partial charge in [0.2, 0.25) is 11.7 Å². The molecule has 0 atom stereocenters. The Hall–Kier alpha value is -4.95. The number of carbonyl (C=O) groups is 5. The quantitative estimate of drug-likeness (QED) is 0.191. The van der Waals surface area contributed by atoms with Gasteiger partial charge in [-0.1, -0.05) is 0 Å². The minimum Gasteiger partial charge on any atom is -0.466 e. The summed E-state index contributed by atoms with van der Waals surface area (Å²) >= 11 is 0. The molecule has 220 valence electrons. The maximum atomic E-state index is 12.7. The highest BCUT2D eigenvalue weighted by Gasteiger charge is 2.19. The van der Waals surface area contributed by atoms with Gasteiger partial charge >= 0.3 is 11.9 Å². The van der Waals surface area contributed by atoms with Crippen molar-refractivity contribution in [2.45, 2.75) is 39.7 Å². The van der Waals surface area contributed by atoms with Gasteiger partial charge in [0.25, 0.3) is 11.8 Å². The van der Waals surface area contributed by atoms with Crippen molar-refractivity contribution in [3.8, 4) is 0 Å².